The van der Waals surface area contributed by atoms with E-state index in [2.05, 4.69) is 15.5 Å². The molecule has 7 heteroatoms. The normalized spacial score (nSPS) is 12.2. The Morgan fingerprint density at radius 3 is 2.54 bits per heavy atom. The molecular weight excluding hydrogens is 350 g/mol. The van der Waals surface area contributed by atoms with E-state index in [1.165, 1.54) is 0 Å². The predicted octanol–water partition coefficient (Wildman–Crippen LogP) is 3.91. The number of nitrogens with zero attached hydrogens (tertiary/aromatic N) is 4. The molecule has 3 rings (SSSR count). The molecule has 0 fully saturated rings. The molecule has 1 amide bonds. The van der Waals surface area contributed by atoms with Crippen LogP contribution in [0.3, 0.4) is 0 Å². The van der Waals surface area contributed by atoms with Crippen molar-refractivity contribution in [2.75, 3.05) is 5.32 Å². The molecule has 0 aliphatic heterocycles. The molecule has 2 heterocycles. The average molecular weight is 372 g/mol. The van der Waals surface area contributed by atoms with E-state index < -0.39 is 6.04 Å². The van der Waals surface area contributed by atoms with E-state index in [-0.39, 0.29) is 5.91 Å². The van der Waals surface area contributed by atoms with Gasteiger partial charge in [-0.3, -0.25) is 9.48 Å². The van der Waals surface area contributed by atoms with Crippen molar-refractivity contribution < 1.29 is 4.79 Å². The highest BCUT2D eigenvalue weighted by atomic mass is 35.5. The van der Waals surface area contributed by atoms with Crippen molar-refractivity contribution in [3.05, 3.63) is 64.1 Å². The van der Waals surface area contributed by atoms with Crippen LogP contribution in [0.5, 0.6) is 0 Å². The first-order valence-corrected chi connectivity index (χ1v) is 8.83. The Bertz CT molecular complexity index is 926. The number of hydrogen-bond acceptors (Lipinski definition) is 3. The van der Waals surface area contributed by atoms with Crippen molar-refractivity contribution in [1.29, 1.82) is 0 Å². The van der Waals surface area contributed by atoms with Crippen molar-refractivity contribution in [2.24, 2.45) is 0 Å². The van der Waals surface area contributed by atoms with E-state index in [0.29, 0.717) is 17.4 Å². The Kier molecular flexibility index (Phi) is 5.13. The van der Waals surface area contributed by atoms with Gasteiger partial charge in [0.2, 0.25) is 5.91 Å². The van der Waals surface area contributed by atoms with E-state index in [1.54, 1.807) is 15.6 Å². The van der Waals surface area contributed by atoms with Crippen LogP contribution in [0.25, 0.3) is 0 Å². The zero-order chi connectivity index (χ0) is 18.8. The summed E-state index contributed by atoms with van der Waals surface area (Å²) in [4.78, 5) is 12.7. The third kappa shape index (κ3) is 3.80. The summed E-state index contributed by atoms with van der Waals surface area (Å²) in [5, 5.41) is 12.5. The number of nitrogens with one attached hydrogen (secondary N) is 1. The zero-order valence-electron chi connectivity index (χ0n) is 15.3. The van der Waals surface area contributed by atoms with Gasteiger partial charge in [-0.1, -0.05) is 23.7 Å². The molecule has 0 saturated carbocycles. The van der Waals surface area contributed by atoms with Gasteiger partial charge < -0.3 is 5.32 Å². The van der Waals surface area contributed by atoms with Crippen LogP contribution < -0.4 is 5.32 Å². The summed E-state index contributed by atoms with van der Waals surface area (Å²) < 4.78 is 3.52. The third-order valence-corrected chi connectivity index (χ3v) is 4.55. The topological polar surface area (TPSA) is 64.7 Å². The van der Waals surface area contributed by atoms with Gasteiger partial charge in [0, 0.05) is 16.3 Å². The van der Waals surface area contributed by atoms with Crippen molar-refractivity contribution in [1.82, 2.24) is 19.6 Å². The van der Waals surface area contributed by atoms with Crippen LogP contribution >= 0.6 is 11.6 Å². The fourth-order valence-electron chi connectivity index (χ4n) is 2.89. The van der Waals surface area contributed by atoms with E-state index in [9.17, 15) is 4.79 Å². The number of halogens is 1. The summed E-state index contributed by atoms with van der Waals surface area (Å²) in [6, 6.07) is 9.13. The predicted molar refractivity (Wildman–Crippen MR) is 103 cm³/mol. The van der Waals surface area contributed by atoms with Gasteiger partial charge in [0.05, 0.1) is 18.4 Å². The van der Waals surface area contributed by atoms with Crippen LogP contribution in [-0.4, -0.2) is 25.5 Å². The molecule has 3 aromatic rings. The SMILES string of the molecule is Cc1cc(C)n([C@H](C)C(=O)Nc2c(C)cnn2Cc2ccc(Cl)cc2)n1. The van der Waals surface area contributed by atoms with E-state index in [4.69, 9.17) is 11.6 Å². The molecule has 6 nitrogen and oxygen atoms in total. The molecule has 26 heavy (non-hydrogen) atoms. The first-order valence-electron chi connectivity index (χ1n) is 8.45. The highest BCUT2D eigenvalue weighted by Gasteiger charge is 2.20. The Labute approximate surface area is 157 Å². The average Bonchev–Trinajstić information content (AvgIpc) is 3.11. The van der Waals surface area contributed by atoms with E-state index >= 15 is 0 Å². The number of rotatable bonds is 5. The van der Waals surface area contributed by atoms with Gasteiger partial charge in [-0.25, -0.2) is 4.68 Å². The van der Waals surface area contributed by atoms with Gasteiger partial charge >= 0.3 is 0 Å². The molecule has 0 unspecified atom stereocenters. The van der Waals surface area contributed by atoms with Gasteiger partial charge in [0.25, 0.3) is 0 Å². The van der Waals surface area contributed by atoms with Crippen LogP contribution in [0.1, 0.15) is 35.5 Å². The maximum Gasteiger partial charge on any atom is 0.250 e. The lowest BCUT2D eigenvalue weighted by Crippen LogP contribution is -2.27. The number of anilines is 1. The minimum absolute atomic E-state index is 0.128. The molecule has 0 radical (unpaired) electrons. The lowest BCUT2D eigenvalue weighted by molar-refractivity contribution is -0.119. The lowest BCUT2D eigenvalue weighted by Gasteiger charge is -2.16. The van der Waals surface area contributed by atoms with Crippen LogP contribution in [0.15, 0.2) is 36.5 Å². The fraction of sp³-hybridized carbons (Fsp3) is 0.316. The van der Waals surface area contributed by atoms with Gasteiger partial charge in [0.1, 0.15) is 11.9 Å². The highest BCUT2D eigenvalue weighted by Crippen LogP contribution is 2.19. The second-order valence-electron chi connectivity index (χ2n) is 6.50. The molecule has 1 atom stereocenters. The van der Waals surface area contributed by atoms with Crippen LogP contribution in [0.4, 0.5) is 5.82 Å². The number of carbonyl (C=O) groups is 1. The third-order valence-electron chi connectivity index (χ3n) is 4.30. The van der Waals surface area contributed by atoms with Crippen molar-refractivity contribution in [2.45, 2.75) is 40.3 Å². The summed E-state index contributed by atoms with van der Waals surface area (Å²) in [6.07, 6.45) is 1.75. The molecule has 136 valence electrons. The molecule has 0 saturated heterocycles. The Balaban J connectivity index is 1.79. The quantitative estimate of drug-likeness (QED) is 0.739. The highest BCUT2D eigenvalue weighted by molar-refractivity contribution is 6.30. The fourth-order valence-corrected chi connectivity index (χ4v) is 3.02. The second-order valence-corrected chi connectivity index (χ2v) is 6.93. The van der Waals surface area contributed by atoms with E-state index in [0.717, 1.165) is 22.5 Å². The Hall–Kier alpha value is -2.60. The largest absolute Gasteiger partial charge is 0.309 e. The summed E-state index contributed by atoms with van der Waals surface area (Å²) in [6.45, 7) is 8.17. The first kappa shape index (κ1) is 18.2. The molecular formula is C19H22ClN5O. The first-order chi connectivity index (χ1) is 12.3. The van der Waals surface area contributed by atoms with Gasteiger partial charge in [-0.15, -0.1) is 0 Å². The molecule has 0 aliphatic carbocycles. The molecule has 0 aliphatic rings. The van der Waals surface area contributed by atoms with Crippen molar-refractivity contribution in [3.8, 4) is 0 Å². The summed E-state index contributed by atoms with van der Waals surface area (Å²) in [5.41, 5.74) is 3.81. The maximum absolute atomic E-state index is 12.7. The van der Waals surface area contributed by atoms with Crippen LogP contribution in [-0.2, 0) is 11.3 Å². The number of hydrogen-bond donors (Lipinski definition) is 1. The minimum atomic E-state index is -0.415. The Morgan fingerprint density at radius 1 is 1.23 bits per heavy atom. The lowest BCUT2D eigenvalue weighted by atomic mass is 10.2. The standard InChI is InChI=1S/C19H22ClN5O/c1-12-10-21-24(11-16-5-7-17(20)8-6-16)18(12)22-19(26)15(4)25-14(3)9-13(2)23-25/h5-10,15H,11H2,1-4H3,(H,22,26)/t15-/m1/s1. The molecule has 1 N–H and O–H groups in total. The van der Waals surface area contributed by atoms with E-state index in [1.807, 2.05) is 58.0 Å². The van der Waals surface area contributed by atoms with Gasteiger partial charge in [-0.05, 0) is 51.5 Å². The summed E-state index contributed by atoms with van der Waals surface area (Å²) >= 11 is 5.94. The molecule has 2 aromatic heterocycles. The smallest absolute Gasteiger partial charge is 0.250 e. The monoisotopic (exact) mass is 371 g/mol. The number of benzene rings is 1. The van der Waals surface area contributed by atoms with Crippen LogP contribution in [0.2, 0.25) is 5.02 Å². The van der Waals surface area contributed by atoms with Crippen molar-refractivity contribution in [3.63, 3.8) is 0 Å². The molecule has 0 spiro atoms. The number of amides is 1. The number of carbonyl (C=O) groups excluding carboxylic acids is 1. The Morgan fingerprint density at radius 2 is 1.92 bits per heavy atom. The summed E-state index contributed by atoms with van der Waals surface area (Å²) in [5.74, 6) is 0.565. The van der Waals surface area contributed by atoms with Gasteiger partial charge in [-0.2, -0.15) is 10.2 Å². The zero-order valence-corrected chi connectivity index (χ0v) is 16.1. The summed E-state index contributed by atoms with van der Waals surface area (Å²) in [7, 11) is 0. The minimum Gasteiger partial charge on any atom is -0.309 e. The maximum atomic E-state index is 12.7. The number of aryl methyl sites for hydroxylation is 3. The molecule has 0 bridgehead atoms. The second kappa shape index (κ2) is 7.33. The molecule has 1 aromatic carbocycles. The number of aromatic nitrogens is 4. The van der Waals surface area contributed by atoms with Crippen molar-refractivity contribution >= 4 is 23.3 Å². The van der Waals surface area contributed by atoms with Crippen LogP contribution in [0, 0.1) is 20.8 Å². The van der Waals surface area contributed by atoms with Gasteiger partial charge in [0.15, 0.2) is 0 Å².